The molecule has 2 aromatic rings. The largest absolute Gasteiger partial charge is 0.309 e. The highest BCUT2D eigenvalue weighted by atomic mass is 14.9. The van der Waals surface area contributed by atoms with Gasteiger partial charge < -0.3 is 5.32 Å². The van der Waals surface area contributed by atoms with E-state index in [1.54, 1.807) is 12.4 Å². The topological polar surface area (TPSA) is 37.8 Å². The van der Waals surface area contributed by atoms with E-state index in [9.17, 15) is 0 Å². The molecule has 0 bridgehead atoms. The minimum atomic E-state index is 0.282. The molecule has 0 saturated heterocycles. The molecule has 0 radical (unpaired) electrons. The summed E-state index contributed by atoms with van der Waals surface area (Å²) in [5.41, 5.74) is 3.74. The summed E-state index contributed by atoms with van der Waals surface area (Å²) in [5.74, 6) is 0. The van der Waals surface area contributed by atoms with E-state index in [1.165, 1.54) is 11.1 Å². The fourth-order valence-corrected chi connectivity index (χ4v) is 2.34. The maximum Gasteiger partial charge on any atom is 0.0756 e. The fourth-order valence-electron chi connectivity index (χ4n) is 2.34. The first-order chi connectivity index (χ1) is 9.79. The first kappa shape index (κ1) is 14.7. The quantitative estimate of drug-likeness (QED) is 0.836. The number of hydrogen-bond donors (Lipinski definition) is 1. The molecule has 3 heteroatoms. The van der Waals surface area contributed by atoms with Gasteiger partial charge >= 0.3 is 0 Å². The van der Waals surface area contributed by atoms with Crippen molar-refractivity contribution >= 4 is 0 Å². The normalized spacial score (nSPS) is 12.3. The van der Waals surface area contributed by atoms with E-state index in [4.69, 9.17) is 0 Å². The van der Waals surface area contributed by atoms with Crippen molar-refractivity contribution in [1.29, 1.82) is 0 Å². The standard InChI is InChI=1S/C17H23N3/c1-3-9-19-16(17-13-18-10-11-20-17)8-7-15-6-4-5-14(2)12-15/h4-6,10-13,16,19H,3,7-9H2,1-2H3. The van der Waals surface area contributed by atoms with Gasteiger partial charge in [0.2, 0.25) is 0 Å². The molecule has 1 aromatic carbocycles. The zero-order valence-electron chi connectivity index (χ0n) is 12.3. The van der Waals surface area contributed by atoms with Crippen LogP contribution in [0.1, 0.15) is 42.6 Å². The van der Waals surface area contributed by atoms with Crippen molar-refractivity contribution in [1.82, 2.24) is 15.3 Å². The van der Waals surface area contributed by atoms with Crippen molar-refractivity contribution in [3.05, 3.63) is 59.7 Å². The second-order valence-electron chi connectivity index (χ2n) is 5.16. The monoisotopic (exact) mass is 269 g/mol. The van der Waals surface area contributed by atoms with E-state index in [2.05, 4.69) is 53.4 Å². The minimum Gasteiger partial charge on any atom is -0.309 e. The van der Waals surface area contributed by atoms with Gasteiger partial charge in [0.1, 0.15) is 0 Å². The zero-order chi connectivity index (χ0) is 14.2. The van der Waals surface area contributed by atoms with Crippen molar-refractivity contribution in [3.63, 3.8) is 0 Å². The first-order valence-electron chi connectivity index (χ1n) is 7.34. The van der Waals surface area contributed by atoms with Crippen LogP contribution in [-0.4, -0.2) is 16.5 Å². The second kappa shape index (κ2) is 7.75. The maximum atomic E-state index is 4.44. The van der Waals surface area contributed by atoms with Crippen molar-refractivity contribution in [2.75, 3.05) is 6.54 Å². The molecule has 0 amide bonds. The predicted octanol–water partition coefficient (Wildman–Crippen LogP) is 3.46. The van der Waals surface area contributed by atoms with Crippen LogP contribution in [0.5, 0.6) is 0 Å². The van der Waals surface area contributed by atoms with Crippen LogP contribution in [0.4, 0.5) is 0 Å². The summed E-state index contributed by atoms with van der Waals surface area (Å²) in [6, 6.07) is 9.00. The van der Waals surface area contributed by atoms with Gasteiger partial charge in [0.25, 0.3) is 0 Å². The molecule has 0 aliphatic heterocycles. The molecule has 1 atom stereocenters. The van der Waals surface area contributed by atoms with Gasteiger partial charge in [-0.2, -0.15) is 0 Å². The van der Waals surface area contributed by atoms with Crippen LogP contribution in [-0.2, 0) is 6.42 Å². The third-order valence-corrected chi connectivity index (χ3v) is 3.39. The third-order valence-electron chi connectivity index (χ3n) is 3.39. The van der Waals surface area contributed by atoms with E-state index in [-0.39, 0.29) is 6.04 Å². The highest BCUT2D eigenvalue weighted by molar-refractivity contribution is 5.22. The highest BCUT2D eigenvalue weighted by Gasteiger charge is 2.12. The smallest absolute Gasteiger partial charge is 0.0756 e. The third kappa shape index (κ3) is 4.42. The van der Waals surface area contributed by atoms with Crippen LogP contribution in [0, 0.1) is 6.92 Å². The molecule has 0 saturated carbocycles. The fraction of sp³-hybridized carbons (Fsp3) is 0.412. The number of aromatic nitrogens is 2. The lowest BCUT2D eigenvalue weighted by Crippen LogP contribution is -2.23. The molecular weight excluding hydrogens is 246 g/mol. The average Bonchev–Trinajstić information content (AvgIpc) is 2.48. The van der Waals surface area contributed by atoms with Crippen molar-refractivity contribution in [2.45, 2.75) is 39.2 Å². The molecule has 1 aromatic heterocycles. The van der Waals surface area contributed by atoms with Crippen LogP contribution in [0.25, 0.3) is 0 Å². The second-order valence-corrected chi connectivity index (χ2v) is 5.16. The van der Waals surface area contributed by atoms with E-state index in [0.717, 1.165) is 31.5 Å². The molecule has 3 nitrogen and oxygen atoms in total. The Hall–Kier alpha value is -1.74. The number of rotatable bonds is 7. The Labute approximate surface area is 121 Å². The van der Waals surface area contributed by atoms with E-state index in [0.29, 0.717) is 0 Å². The Kier molecular flexibility index (Phi) is 5.69. The van der Waals surface area contributed by atoms with Crippen LogP contribution in [0.15, 0.2) is 42.9 Å². The Balaban J connectivity index is 2.01. The van der Waals surface area contributed by atoms with Crippen molar-refractivity contribution in [2.24, 2.45) is 0 Å². The van der Waals surface area contributed by atoms with E-state index in [1.807, 2.05) is 6.20 Å². The predicted molar refractivity (Wildman–Crippen MR) is 82.6 cm³/mol. The number of nitrogens with one attached hydrogen (secondary N) is 1. The molecule has 0 spiro atoms. The van der Waals surface area contributed by atoms with Gasteiger partial charge in [-0.05, 0) is 38.3 Å². The van der Waals surface area contributed by atoms with Crippen molar-refractivity contribution < 1.29 is 0 Å². The lowest BCUT2D eigenvalue weighted by atomic mass is 10.0. The lowest BCUT2D eigenvalue weighted by Gasteiger charge is -2.17. The summed E-state index contributed by atoms with van der Waals surface area (Å²) < 4.78 is 0. The van der Waals surface area contributed by atoms with E-state index < -0.39 is 0 Å². The SMILES string of the molecule is CCCNC(CCc1cccc(C)c1)c1cnccn1. The van der Waals surface area contributed by atoms with Crippen LogP contribution >= 0.6 is 0 Å². The number of aryl methyl sites for hydroxylation is 2. The van der Waals surface area contributed by atoms with Gasteiger partial charge in [0, 0.05) is 18.6 Å². The number of nitrogens with zero attached hydrogens (tertiary/aromatic N) is 2. The summed E-state index contributed by atoms with van der Waals surface area (Å²) in [6.45, 7) is 5.33. The Morgan fingerprint density at radius 1 is 1.25 bits per heavy atom. The molecule has 1 N–H and O–H groups in total. The zero-order valence-corrected chi connectivity index (χ0v) is 12.3. The molecule has 106 valence electrons. The van der Waals surface area contributed by atoms with Gasteiger partial charge in [0.15, 0.2) is 0 Å². The molecule has 1 heterocycles. The molecule has 2 rings (SSSR count). The highest BCUT2D eigenvalue weighted by Crippen LogP contribution is 2.17. The van der Waals surface area contributed by atoms with Gasteiger partial charge in [-0.25, -0.2) is 0 Å². The van der Waals surface area contributed by atoms with Gasteiger partial charge in [-0.15, -0.1) is 0 Å². The Bertz CT molecular complexity index is 511. The number of hydrogen-bond acceptors (Lipinski definition) is 3. The van der Waals surface area contributed by atoms with Crippen LogP contribution in [0.3, 0.4) is 0 Å². The molecule has 20 heavy (non-hydrogen) atoms. The van der Waals surface area contributed by atoms with Crippen LogP contribution < -0.4 is 5.32 Å². The first-order valence-corrected chi connectivity index (χ1v) is 7.34. The van der Waals surface area contributed by atoms with Gasteiger partial charge in [0.05, 0.1) is 11.7 Å². The molecule has 1 unspecified atom stereocenters. The van der Waals surface area contributed by atoms with E-state index >= 15 is 0 Å². The summed E-state index contributed by atoms with van der Waals surface area (Å²) in [4.78, 5) is 8.62. The average molecular weight is 269 g/mol. The van der Waals surface area contributed by atoms with Gasteiger partial charge in [-0.3, -0.25) is 9.97 Å². The van der Waals surface area contributed by atoms with Gasteiger partial charge in [-0.1, -0.05) is 36.8 Å². The lowest BCUT2D eigenvalue weighted by molar-refractivity contribution is 0.487. The maximum absolute atomic E-state index is 4.44. The summed E-state index contributed by atoms with van der Waals surface area (Å²) in [5, 5.41) is 3.57. The molecule has 0 aliphatic rings. The van der Waals surface area contributed by atoms with Crippen molar-refractivity contribution in [3.8, 4) is 0 Å². The Morgan fingerprint density at radius 2 is 2.15 bits per heavy atom. The molecule has 0 fully saturated rings. The van der Waals surface area contributed by atoms with Crippen LogP contribution in [0.2, 0.25) is 0 Å². The summed E-state index contributed by atoms with van der Waals surface area (Å²) in [7, 11) is 0. The molecular formula is C17H23N3. The summed E-state index contributed by atoms with van der Waals surface area (Å²) >= 11 is 0. The Morgan fingerprint density at radius 3 is 2.85 bits per heavy atom. The summed E-state index contributed by atoms with van der Waals surface area (Å²) in [6.07, 6.45) is 8.58. The number of benzene rings is 1. The minimum absolute atomic E-state index is 0.282. The molecule has 0 aliphatic carbocycles.